The third kappa shape index (κ3) is 3.17. The summed E-state index contributed by atoms with van der Waals surface area (Å²) >= 11 is 1.37. The third-order valence-electron chi connectivity index (χ3n) is 2.01. The molecule has 0 spiro atoms. The first-order valence-corrected chi connectivity index (χ1v) is 6.12. The first-order valence-electron chi connectivity index (χ1n) is 5.13. The van der Waals surface area contributed by atoms with Crippen LogP contribution >= 0.6 is 11.8 Å². The highest BCUT2D eigenvalue weighted by molar-refractivity contribution is 7.99. The zero-order valence-corrected chi connectivity index (χ0v) is 10.1. The van der Waals surface area contributed by atoms with Gasteiger partial charge < -0.3 is 5.11 Å². The third-order valence-corrected chi connectivity index (χ3v) is 2.88. The number of hydrogen-bond acceptors (Lipinski definition) is 5. The Morgan fingerprint density at radius 1 is 1.39 bits per heavy atom. The van der Waals surface area contributed by atoms with Crippen molar-refractivity contribution in [2.24, 2.45) is 0 Å². The predicted octanol–water partition coefficient (Wildman–Crippen LogP) is 1.40. The van der Waals surface area contributed by atoms with E-state index in [0.717, 1.165) is 11.8 Å². The van der Waals surface area contributed by atoms with Gasteiger partial charge in [-0.15, -0.1) is 5.10 Å². The maximum atomic E-state index is 10.3. The Morgan fingerprint density at radius 2 is 2.17 bits per heavy atom. The largest absolute Gasteiger partial charge is 0.478 e. The van der Waals surface area contributed by atoms with E-state index in [0.29, 0.717) is 10.9 Å². The minimum Gasteiger partial charge on any atom is -0.478 e. The molecule has 0 fully saturated rings. The zero-order valence-electron chi connectivity index (χ0n) is 9.30. The van der Waals surface area contributed by atoms with Gasteiger partial charge in [-0.3, -0.25) is 0 Å². The summed E-state index contributed by atoms with van der Waals surface area (Å²) in [6, 6.07) is 9.50. The van der Waals surface area contributed by atoms with Gasteiger partial charge in [0.1, 0.15) is 0 Å². The number of carboxylic acids is 1. The molecule has 1 aromatic carbocycles. The Hall–Kier alpha value is -2.15. The zero-order chi connectivity index (χ0) is 12.8. The summed E-state index contributed by atoms with van der Waals surface area (Å²) < 4.78 is 1.61. The molecule has 2 aromatic rings. The summed E-state index contributed by atoms with van der Waals surface area (Å²) in [4.78, 5) is 10.3. The van der Waals surface area contributed by atoms with Crippen molar-refractivity contribution >= 4 is 17.7 Å². The molecule has 2 rings (SSSR count). The van der Waals surface area contributed by atoms with Gasteiger partial charge >= 0.3 is 5.97 Å². The lowest BCUT2D eigenvalue weighted by Crippen LogP contribution is -1.98. The Morgan fingerprint density at radius 3 is 2.89 bits per heavy atom. The van der Waals surface area contributed by atoms with Crippen LogP contribution in [0.25, 0.3) is 5.69 Å². The highest BCUT2D eigenvalue weighted by Gasteiger charge is 2.07. The van der Waals surface area contributed by atoms with Gasteiger partial charge in [-0.2, -0.15) is 4.68 Å². The van der Waals surface area contributed by atoms with E-state index in [1.807, 2.05) is 30.3 Å². The molecule has 0 atom stereocenters. The van der Waals surface area contributed by atoms with Crippen LogP contribution in [0.2, 0.25) is 0 Å². The fourth-order valence-electron chi connectivity index (χ4n) is 1.27. The van der Waals surface area contributed by atoms with Crippen LogP contribution in [0.3, 0.4) is 0 Å². The van der Waals surface area contributed by atoms with E-state index in [9.17, 15) is 4.79 Å². The van der Waals surface area contributed by atoms with Crippen LogP contribution in [0.4, 0.5) is 0 Å². The summed E-state index contributed by atoms with van der Waals surface area (Å²) in [6.45, 7) is 0. The van der Waals surface area contributed by atoms with E-state index < -0.39 is 5.97 Å². The van der Waals surface area contributed by atoms with Crippen molar-refractivity contribution in [3.05, 3.63) is 42.5 Å². The number of carbonyl (C=O) groups is 1. The van der Waals surface area contributed by atoms with E-state index in [1.165, 1.54) is 11.8 Å². The molecular weight excluding hydrogens is 252 g/mol. The molecule has 6 nitrogen and oxygen atoms in total. The normalized spacial score (nSPS) is 10.9. The molecule has 7 heteroatoms. The standard InChI is InChI=1S/C11H10N4O2S/c16-10(17)7-4-8-18-11-12-13-14-15(11)9-5-2-1-3-6-9/h1-7H,8H2,(H,16,17). The molecule has 0 aliphatic heterocycles. The lowest BCUT2D eigenvalue weighted by Gasteiger charge is -2.01. The number of hydrogen-bond donors (Lipinski definition) is 1. The smallest absolute Gasteiger partial charge is 0.328 e. The molecule has 92 valence electrons. The summed E-state index contributed by atoms with van der Waals surface area (Å²) in [7, 11) is 0. The van der Waals surface area contributed by atoms with Crippen molar-refractivity contribution in [1.29, 1.82) is 0 Å². The van der Waals surface area contributed by atoms with Crippen molar-refractivity contribution in [1.82, 2.24) is 20.2 Å². The molecule has 0 bridgehead atoms. The number of nitrogens with zero attached hydrogens (tertiary/aromatic N) is 4. The second-order valence-corrected chi connectivity index (χ2v) is 4.25. The molecular formula is C11H10N4O2S. The number of rotatable bonds is 5. The molecule has 0 amide bonds. The van der Waals surface area contributed by atoms with Crippen LogP contribution in [0, 0.1) is 0 Å². The SMILES string of the molecule is O=C(O)C=CCSc1nnnn1-c1ccccc1. The van der Waals surface area contributed by atoms with Gasteiger partial charge in [-0.1, -0.05) is 36.0 Å². The molecule has 0 radical (unpaired) electrons. The number of carboxylic acid groups (broad SMARTS) is 1. The second kappa shape index (κ2) is 5.97. The molecule has 18 heavy (non-hydrogen) atoms. The minimum absolute atomic E-state index is 0.500. The maximum Gasteiger partial charge on any atom is 0.328 e. The molecule has 0 aliphatic rings. The monoisotopic (exact) mass is 262 g/mol. The number of aromatic nitrogens is 4. The van der Waals surface area contributed by atoms with E-state index in [2.05, 4.69) is 15.5 Å². The number of tetrazole rings is 1. The van der Waals surface area contributed by atoms with Crippen molar-refractivity contribution in [2.75, 3.05) is 5.75 Å². The molecule has 1 aromatic heterocycles. The Bertz CT molecular complexity index is 553. The van der Waals surface area contributed by atoms with Crippen LogP contribution in [-0.4, -0.2) is 37.0 Å². The van der Waals surface area contributed by atoms with Gasteiger partial charge in [0, 0.05) is 11.8 Å². The molecule has 1 N–H and O–H groups in total. The summed E-state index contributed by atoms with van der Waals surface area (Å²) in [5.74, 6) is -0.460. The van der Waals surface area contributed by atoms with Gasteiger partial charge in [0.2, 0.25) is 5.16 Å². The van der Waals surface area contributed by atoms with Gasteiger partial charge in [-0.25, -0.2) is 4.79 Å². The molecule has 0 unspecified atom stereocenters. The quantitative estimate of drug-likeness (QED) is 0.648. The second-order valence-electron chi connectivity index (χ2n) is 3.26. The first-order chi connectivity index (χ1) is 8.77. The van der Waals surface area contributed by atoms with Crippen LogP contribution in [0.1, 0.15) is 0 Å². The highest BCUT2D eigenvalue weighted by atomic mass is 32.2. The fraction of sp³-hybridized carbons (Fsp3) is 0.0909. The van der Waals surface area contributed by atoms with E-state index in [4.69, 9.17) is 5.11 Å². The van der Waals surface area contributed by atoms with Crippen LogP contribution < -0.4 is 0 Å². The van der Waals surface area contributed by atoms with Crippen LogP contribution in [0.15, 0.2) is 47.6 Å². The summed E-state index contributed by atoms with van der Waals surface area (Å²) in [5.41, 5.74) is 0.868. The molecule has 0 aliphatic carbocycles. The van der Waals surface area contributed by atoms with E-state index >= 15 is 0 Å². The van der Waals surface area contributed by atoms with E-state index in [1.54, 1.807) is 10.8 Å². The highest BCUT2D eigenvalue weighted by Crippen LogP contribution is 2.17. The van der Waals surface area contributed by atoms with Gasteiger partial charge in [0.25, 0.3) is 0 Å². The number of para-hydroxylation sites is 1. The minimum atomic E-state index is -0.960. The number of benzene rings is 1. The Balaban J connectivity index is 2.07. The van der Waals surface area contributed by atoms with Crippen molar-refractivity contribution in [3.63, 3.8) is 0 Å². The number of thioether (sulfide) groups is 1. The predicted molar refractivity (Wildman–Crippen MR) is 66.7 cm³/mol. The lowest BCUT2D eigenvalue weighted by atomic mass is 10.3. The topological polar surface area (TPSA) is 80.9 Å². The van der Waals surface area contributed by atoms with Gasteiger partial charge in [0.05, 0.1) is 5.69 Å². The van der Waals surface area contributed by atoms with Crippen LogP contribution in [0.5, 0.6) is 0 Å². The Labute approximate surface area is 107 Å². The summed E-state index contributed by atoms with van der Waals surface area (Å²) in [6.07, 6.45) is 2.65. The van der Waals surface area contributed by atoms with Gasteiger partial charge in [0.15, 0.2) is 0 Å². The van der Waals surface area contributed by atoms with Crippen molar-refractivity contribution < 1.29 is 9.90 Å². The van der Waals surface area contributed by atoms with Crippen molar-refractivity contribution in [2.45, 2.75) is 5.16 Å². The van der Waals surface area contributed by atoms with Crippen molar-refractivity contribution in [3.8, 4) is 5.69 Å². The van der Waals surface area contributed by atoms with E-state index in [-0.39, 0.29) is 0 Å². The van der Waals surface area contributed by atoms with Gasteiger partial charge in [-0.05, 0) is 22.6 Å². The average Bonchev–Trinajstić information content (AvgIpc) is 2.84. The first kappa shape index (κ1) is 12.3. The molecule has 0 saturated heterocycles. The maximum absolute atomic E-state index is 10.3. The molecule has 0 saturated carbocycles. The number of aliphatic carboxylic acids is 1. The molecule has 1 heterocycles. The average molecular weight is 262 g/mol. The van der Waals surface area contributed by atoms with Crippen LogP contribution in [-0.2, 0) is 4.79 Å². The lowest BCUT2D eigenvalue weighted by molar-refractivity contribution is -0.131. The fourth-order valence-corrected chi connectivity index (χ4v) is 1.97. The Kier molecular flexibility index (Phi) is 4.08. The summed E-state index contributed by atoms with van der Waals surface area (Å²) in [5, 5.41) is 20.5.